The van der Waals surface area contributed by atoms with E-state index in [9.17, 15) is 18.0 Å². The van der Waals surface area contributed by atoms with Crippen molar-refractivity contribution in [1.29, 1.82) is 0 Å². The van der Waals surface area contributed by atoms with Gasteiger partial charge in [0, 0.05) is 6.20 Å². The first-order chi connectivity index (χ1) is 10.7. The number of carbonyl (C=O) groups excluding carboxylic acids is 1. The van der Waals surface area contributed by atoms with Crippen molar-refractivity contribution < 1.29 is 23.2 Å². The molecule has 0 fully saturated rings. The minimum atomic E-state index is -4.66. The number of halogens is 4. The van der Waals surface area contributed by atoms with Crippen LogP contribution in [0.2, 0.25) is 5.02 Å². The van der Waals surface area contributed by atoms with Gasteiger partial charge in [-0.25, -0.2) is 9.97 Å². The lowest BCUT2D eigenvalue weighted by Crippen LogP contribution is -2.13. The third kappa shape index (κ3) is 3.96. The van der Waals surface area contributed by atoms with E-state index in [4.69, 9.17) is 16.8 Å². The zero-order valence-electron chi connectivity index (χ0n) is 11.3. The zero-order valence-corrected chi connectivity index (χ0v) is 12.9. The van der Waals surface area contributed by atoms with E-state index in [1.54, 1.807) is 0 Å². The summed E-state index contributed by atoms with van der Waals surface area (Å²) >= 11 is 6.36. The predicted octanol–water partition coefficient (Wildman–Crippen LogP) is 3.66. The van der Waals surface area contributed by atoms with Gasteiger partial charge < -0.3 is 10.5 Å². The average molecular weight is 365 g/mol. The molecule has 0 atom stereocenters. The second kappa shape index (κ2) is 6.50. The zero-order chi connectivity index (χ0) is 17.2. The summed E-state index contributed by atoms with van der Waals surface area (Å²) < 4.78 is 38.3. The summed E-state index contributed by atoms with van der Waals surface area (Å²) in [6, 6.07) is 0.641. The molecule has 2 aromatic rings. The lowest BCUT2D eigenvalue weighted by Gasteiger charge is -2.10. The number of hydrogen-bond acceptors (Lipinski definition) is 6. The molecule has 23 heavy (non-hydrogen) atoms. The highest BCUT2D eigenvalue weighted by atomic mass is 35.5. The average Bonchev–Trinajstić information content (AvgIpc) is 2.97. The van der Waals surface area contributed by atoms with Crippen molar-refractivity contribution in [2.75, 3.05) is 5.32 Å². The van der Waals surface area contributed by atoms with E-state index in [-0.39, 0.29) is 16.4 Å². The Morgan fingerprint density at radius 3 is 2.70 bits per heavy atom. The van der Waals surface area contributed by atoms with Gasteiger partial charge in [0.05, 0.1) is 16.8 Å². The second-order valence-corrected chi connectivity index (χ2v) is 5.65. The number of amides is 1. The molecule has 2 N–H and O–H groups in total. The number of hydrogen-bond donors (Lipinski definition) is 2. The molecule has 6 nitrogen and oxygen atoms in total. The molecule has 0 saturated heterocycles. The van der Waals surface area contributed by atoms with Crippen molar-refractivity contribution in [2.24, 2.45) is 5.16 Å². The fraction of sp³-hybridized carbons (Fsp3) is 0.167. The van der Waals surface area contributed by atoms with Gasteiger partial charge in [-0.3, -0.25) is 4.79 Å². The van der Waals surface area contributed by atoms with Crippen molar-refractivity contribution in [3.8, 4) is 0 Å². The van der Waals surface area contributed by atoms with Gasteiger partial charge in [-0.05, 0) is 13.0 Å². The second-order valence-electron chi connectivity index (χ2n) is 4.22. The van der Waals surface area contributed by atoms with E-state index in [1.165, 1.54) is 13.1 Å². The Morgan fingerprint density at radius 2 is 2.09 bits per heavy atom. The topological polar surface area (TPSA) is 87.5 Å². The lowest BCUT2D eigenvalue weighted by atomic mass is 10.2. The van der Waals surface area contributed by atoms with Crippen LogP contribution in [0.5, 0.6) is 0 Å². The van der Waals surface area contributed by atoms with Crippen molar-refractivity contribution in [3.63, 3.8) is 0 Å². The van der Waals surface area contributed by atoms with Gasteiger partial charge in [0.1, 0.15) is 21.4 Å². The number of anilines is 1. The molecule has 122 valence electrons. The van der Waals surface area contributed by atoms with Gasteiger partial charge in [-0.15, -0.1) is 11.3 Å². The molecule has 2 heterocycles. The molecule has 2 aromatic heterocycles. The van der Waals surface area contributed by atoms with E-state index in [0.717, 1.165) is 17.5 Å². The molecule has 11 heteroatoms. The number of thiazole rings is 1. The molecular weight excluding hydrogens is 357 g/mol. The number of carbonyl (C=O) groups is 1. The molecule has 0 aliphatic rings. The molecule has 0 aliphatic carbocycles. The summed E-state index contributed by atoms with van der Waals surface area (Å²) in [5.74, 6) is -0.989. The van der Waals surface area contributed by atoms with E-state index in [0.29, 0.717) is 11.1 Å². The summed E-state index contributed by atoms with van der Waals surface area (Å²) in [4.78, 5) is 19.6. The number of aromatic nitrogens is 2. The Bertz CT molecular complexity index is 776. The Hall–Kier alpha value is -2.20. The van der Waals surface area contributed by atoms with Crippen molar-refractivity contribution in [2.45, 2.75) is 13.1 Å². The van der Waals surface area contributed by atoms with Crippen LogP contribution in [0, 0.1) is 0 Å². The first-order valence-electron chi connectivity index (χ1n) is 5.91. The van der Waals surface area contributed by atoms with Crippen LogP contribution < -0.4 is 5.32 Å². The molecule has 0 unspecified atom stereocenters. The predicted molar refractivity (Wildman–Crippen MR) is 78.3 cm³/mol. The highest BCUT2D eigenvalue weighted by Crippen LogP contribution is 2.35. The van der Waals surface area contributed by atoms with Gasteiger partial charge in [-0.1, -0.05) is 16.8 Å². The molecule has 1 amide bonds. The third-order valence-corrected chi connectivity index (χ3v) is 4.00. The largest absolute Gasteiger partial charge is 0.418 e. The van der Waals surface area contributed by atoms with Gasteiger partial charge in [0.2, 0.25) is 0 Å². The fourth-order valence-electron chi connectivity index (χ4n) is 1.49. The smallest absolute Gasteiger partial charge is 0.411 e. The van der Waals surface area contributed by atoms with Crippen molar-refractivity contribution in [3.05, 3.63) is 38.9 Å². The standard InChI is InChI=1S/C12H8ClF3N4O2S/c1-5(20-22)11-18-4-8(23-11)10(21)19-9-2-6(12(14,15)16)7(13)3-17-9/h2-4,22H,1H3,(H,17,19,21)/b20-5-. The van der Waals surface area contributed by atoms with Crippen molar-refractivity contribution >= 4 is 40.4 Å². The summed E-state index contributed by atoms with van der Waals surface area (Å²) in [5.41, 5.74) is -0.893. The number of nitrogens with one attached hydrogen (secondary N) is 1. The highest BCUT2D eigenvalue weighted by molar-refractivity contribution is 7.15. The number of rotatable bonds is 3. The highest BCUT2D eigenvalue weighted by Gasteiger charge is 2.34. The Labute approximate surface area is 136 Å². The summed E-state index contributed by atoms with van der Waals surface area (Å²) in [7, 11) is 0. The van der Waals surface area contributed by atoms with Crippen LogP contribution in [0.15, 0.2) is 23.6 Å². The summed E-state index contributed by atoms with van der Waals surface area (Å²) in [5, 5.41) is 13.5. The molecule has 0 radical (unpaired) electrons. The van der Waals surface area contributed by atoms with E-state index in [2.05, 4.69) is 20.4 Å². The van der Waals surface area contributed by atoms with Crippen LogP contribution in [-0.2, 0) is 6.18 Å². The number of oxime groups is 1. The molecule has 0 spiro atoms. The first kappa shape index (κ1) is 17.2. The van der Waals surface area contributed by atoms with E-state index in [1.807, 2.05) is 0 Å². The minimum Gasteiger partial charge on any atom is -0.411 e. The van der Waals surface area contributed by atoms with Gasteiger partial charge in [0.25, 0.3) is 5.91 Å². The molecule has 0 saturated carbocycles. The van der Waals surface area contributed by atoms with Crippen molar-refractivity contribution in [1.82, 2.24) is 9.97 Å². The SMILES string of the molecule is C/C(=N/O)c1ncc(C(=O)Nc2cc(C(F)(F)F)c(Cl)cn2)s1. The van der Waals surface area contributed by atoms with Crippen LogP contribution in [0.3, 0.4) is 0 Å². The molecular formula is C12H8ClF3N4O2S. The molecule has 2 rings (SSSR count). The maximum atomic E-state index is 12.8. The summed E-state index contributed by atoms with van der Waals surface area (Å²) in [6.07, 6.45) is -2.64. The van der Waals surface area contributed by atoms with Crippen LogP contribution in [0.25, 0.3) is 0 Å². The minimum absolute atomic E-state index is 0.119. The van der Waals surface area contributed by atoms with E-state index >= 15 is 0 Å². The van der Waals surface area contributed by atoms with Gasteiger partial charge >= 0.3 is 6.18 Å². The van der Waals surface area contributed by atoms with Crippen LogP contribution >= 0.6 is 22.9 Å². The summed E-state index contributed by atoms with van der Waals surface area (Å²) in [6.45, 7) is 1.48. The Morgan fingerprint density at radius 1 is 1.39 bits per heavy atom. The maximum absolute atomic E-state index is 12.8. The van der Waals surface area contributed by atoms with Crippen LogP contribution in [0.1, 0.15) is 27.2 Å². The number of alkyl halides is 3. The Kier molecular flexibility index (Phi) is 4.85. The maximum Gasteiger partial charge on any atom is 0.418 e. The monoisotopic (exact) mass is 364 g/mol. The van der Waals surface area contributed by atoms with Gasteiger partial charge in [-0.2, -0.15) is 13.2 Å². The van der Waals surface area contributed by atoms with E-state index < -0.39 is 22.7 Å². The number of nitrogens with zero attached hydrogens (tertiary/aromatic N) is 3. The number of pyridine rings is 1. The molecule has 0 bridgehead atoms. The van der Waals surface area contributed by atoms with Gasteiger partial charge in [0.15, 0.2) is 0 Å². The van der Waals surface area contributed by atoms with Crippen LogP contribution in [0.4, 0.5) is 19.0 Å². The fourth-order valence-corrected chi connectivity index (χ4v) is 2.45. The lowest BCUT2D eigenvalue weighted by molar-refractivity contribution is -0.137. The normalized spacial score (nSPS) is 12.3. The molecule has 0 aliphatic heterocycles. The molecule has 0 aromatic carbocycles. The quantitative estimate of drug-likeness (QED) is 0.494. The first-order valence-corrected chi connectivity index (χ1v) is 7.10. The third-order valence-electron chi connectivity index (χ3n) is 2.59. The Balaban J connectivity index is 2.22. The van der Waals surface area contributed by atoms with Crippen LogP contribution in [-0.4, -0.2) is 26.8 Å².